The van der Waals surface area contributed by atoms with Gasteiger partial charge in [0, 0.05) is 23.2 Å². The molecule has 0 fully saturated rings. The molecule has 26 heavy (non-hydrogen) atoms. The molecule has 0 atom stereocenters. The third kappa shape index (κ3) is 3.15. The average molecular weight is 480 g/mol. The first-order valence-electron chi connectivity index (χ1n) is 7.42. The van der Waals surface area contributed by atoms with Crippen molar-refractivity contribution in [3.8, 4) is 22.6 Å². The second kappa shape index (κ2) is 6.65. The highest BCUT2D eigenvalue weighted by molar-refractivity contribution is 14.2. The summed E-state index contributed by atoms with van der Waals surface area (Å²) in [5, 5.41) is 1.94. The van der Waals surface area contributed by atoms with Crippen LogP contribution >= 0.6 is 30.5 Å². The maximum Gasteiger partial charge on any atom is 0.233 e. The van der Waals surface area contributed by atoms with Gasteiger partial charge < -0.3 is 9.26 Å². The molecule has 0 aliphatic rings. The van der Waals surface area contributed by atoms with Crippen LogP contribution < -0.4 is 9.26 Å². The Morgan fingerprint density at radius 3 is 2.65 bits per heavy atom. The molecule has 1 aromatic carbocycles. The fourth-order valence-corrected chi connectivity index (χ4v) is 4.23. The van der Waals surface area contributed by atoms with E-state index in [-0.39, 0.29) is 5.82 Å². The second-order valence-electron chi connectivity index (χ2n) is 5.42. The molecule has 0 saturated heterocycles. The largest absolute Gasteiger partial charge is 0.384 e. The molecule has 0 spiro atoms. The van der Waals surface area contributed by atoms with Crippen LogP contribution in [-0.4, -0.2) is 28.4 Å². The summed E-state index contributed by atoms with van der Waals surface area (Å²) in [5.74, 6) is 0.451. The third-order valence-corrected chi connectivity index (χ3v) is 5.59. The predicted octanol–water partition coefficient (Wildman–Crippen LogP) is 3.94. The van der Waals surface area contributed by atoms with E-state index in [1.54, 1.807) is 18.2 Å². The second-order valence-corrected chi connectivity index (χ2v) is 9.44. The maximum absolute atomic E-state index is 13.3. The number of nitrogens with zero attached hydrogens (tertiary/aromatic N) is 4. The van der Waals surface area contributed by atoms with Crippen molar-refractivity contribution in [2.75, 3.05) is 9.26 Å². The topological polar surface area (TPSA) is 81.1 Å². The zero-order valence-corrected chi connectivity index (χ0v) is 16.5. The Labute approximate surface area is 159 Å². The maximum atomic E-state index is 13.3. The number of nitrogens with two attached hydrogens (primary N) is 1. The van der Waals surface area contributed by atoms with Gasteiger partial charge in [-0.3, -0.25) is 4.40 Å². The molecule has 0 unspecified atom stereocenters. The summed E-state index contributed by atoms with van der Waals surface area (Å²) in [7, 11) is 0. The molecule has 3 heterocycles. The molecule has 0 aliphatic heterocycles. The fourth-order valence-electron chi connectivity index (χ4n) is 2.59. The van der Waals surface area contributed by atoms with Gasteiger partial charge in [0.25, 0.3) is 0 Å². The van der Waals surface area contributed by atoms with Gasteiger partial charge in [0.2, 0.25) is 5.95 Å². The van der Waals surface area contributed by atoms with Crippen LogP contribution in [0, 0.1) is 5.82 Å². The summed E-state index contributed by atoms with van der Waals surface area (Å²) in [6.07, 6.45) is 1.92. The first-order valence-corrected chi connectivity index (χ1v) is 12.4. The number of rotatable bonds is 4. The van der Waals surface area contributed by atoms with Gasteiger partial charge in [-0.25, -0.2) is 14.4 Å². The number of nitrogen functional groups attached to an aromatic ring is 1. The van der Waals surface area contributed by atoms with Crippen molar-refractivity contribution in [2.24, 2.45) is 0 Å². The minimum Gasteiger partial charge on any atom is -0.384 e. The van der Waals surface area contributed by atoms with E-state index in [4.69, 9.17) is 10.7 Å². The molecule has 0 saturated carbocycles. The molecule has 0 amide bonds. The molecule has 3 N–H and O–H groups in total. The molecule has 4 aromatic rings. The zero-order valence-electron chi connectivity index (χ0n) is 13.5. The van der Waals surface area contributed by atoms with E-state index < -0.39 is 19.1 Å². The first-order chi connectivity index (χ1) is 12.5. The van der Waals surface area contributed by atoms with Crippen molar-refractivity contribution in [1.29, 1.82) is 0 Å². The number of anilines is 2. The normalized spacial score (nSPS) is 11.3. The third-order valence-electron chi connectivity index (χ3n) is 3.59. The summed E-state index contributed by atoms with van der Waals surface area (Å²) >= 11 is -0.282. The van der Waals surface area contributed by atoms with Crippen LogP contribution in [0.5, 0.6) is 0 Å². The van der Waals surface area contributed by atoms with Gasteiger partial charge in [-0.15, -0.1) is 11.3 Å². The number of benzene rings is 1. The molecule has 0 radical (unpaired) electrons. The number of halogens is 2. The van der Waals surface area contributed by atoms with E-state index >= 15 is 0 Å². The highest BCUT2D eigenvalue weighted by Crippen LogP contribution is 2.34. The number of hydrogen-bond donors (Lipinski definition) is 2. The van der Waals surface area contributed by atoms with Crippen LogP contribution in [0.15, 0.2) is 41.9 Å². The van der Waals surface area contributed by atoms with Crippen molar-refractivity contribution in [3.63, 3.8) is 0 Å². The van der Waals surface area contributed by atoms with Crippen molar-refractivity contribution in [1.82, 2.24) is 19.4 Å². The molecule has 3 aromatic heterocycles. The molecule has 9 heteroatoms. The van der Waals surface area contributed by atoms with Gasteiger partial charge >= 0.3 is 0 Å². The Balaban J connectivity index is 1.96. The number of fused-ring (bicyclic) bond motifs is 1. The van der Waals surface area contributed by atoms with E-state index in [0.717, 1.165) is 16.2 Å². The number of aromatic nitrogens is 4. The molecular formula is C17H14FIN6S. The lowest BCUT2D eigenvalue weighted by Crippen LogP contribution is -2.01. The fraction of sp³-hybridized carbons (Fsp3) is 0. The predicted molar refractivity (Wildman–Crippen MR) is 116 cm³/mol. The minimum atomic E-state index is -1.79. The van der Waals surface area contributed by atoms with E-state index in [9.17, 15) is 4.39 Å². The van der Waals surface area contributed by atoms with E-state index in [1.807, 2.05) is 16.0 Å². The molecule has 132 valence electrons. The quantitative estimate of drug-likeness (QED) is 0.342. The molecule has 0 aliphatic carbocycles. The van der Waals surface area contributed by atoms with Crippen LogP contribution in [-0.2, 0) is 0 Å². The van der Waals surface area contributed by atoms with E-state index in [1.165, 1.54) is 23.5 Å². The SMILES string of the molecule is C=I(=C)Nc1nc(N)cc(-c2c(-c3ccc(F)cc3)nc3sccn23)n1. The van der Waals surface area contributed by atoms with Crippen LogP contribution in [0.25, 0.3) is 27.6 Å². The van der Waals surface area contributed by atoms with Gasteiger partial charge in [0.05, 0.1) is 11.4 Å². The van der Waals surface area contributed by atoms with Gasteiger partial charge in [0.15, 0.2) is 4.96 Å². The zero-order chi connectivity index (χ0) is 18.3. The Morgan fingerprint density at radius 1 is 1.15 bits per heavy atom. The van der Waals surface area contributed by atoms with E-state index in [0.29, 0.717) is 23.2 Å². The smallest absolute Gasteiger partial charge is 0.233 e. The molecule has 0 bridgehead atoms. The highest BCUT2D eigenvalue weighted by atomic mass is 127. The Bertz CT molecular complexity index is 1170. The number of thiazole rings is 1. The Kier molecular flexibility index (Phi) is 4.32. The van der Waals surface area contributed by atoms with Crippen LogP contribution in [0.1, 0.15) is 0 Å². The monoisotopic (exact) mass is 480 g/mol. The Hall–Kier alpha value is -2.53. The van der Waals surface area contributed by atoms with Gasteiger partial charge in [-0.2, -0.15) is 4.98 Å². The van der Waals surface area contributed by atoms with Crippen LogP contribution in [0.2, 0.25) is 0 Å². The lowest BCUT2D eigenvalue weighted by molar-refractivity contribution is 0.628. The molecular weight excluding hydrogens is 466 g/mol. The van der Waals surface area contributed by atoms with Crippen LogP contribution in [0.3, 0.4) is 0 Å². The van der Waals surface area contributed by atoms with Crippen molar-refractivity contribution >= 4 is 56.2 Å². The number of hydrogen-bond acceptors (Lipinski definition) is 6. The van der Waals surface area contributed by atoms with Crippen molar-refractivity contribution < 1.29 is 4.39 Å². The minimum absolute atomic E-state index is 0.295. The van der Waals surface area contributed by atoms with Gasteiger partial charge in [0.1, 0.15) is 17.3 Å². The lowest BCUT2D eigenvalue weighted by Gasteiger charge is -2.08. The highest BCUT2D eigenvalue weighted by Gasteiger charge is 2.19. The van der Waals surface area contributed by atoms with E-state index in [2.05, 4.69) is 22.5 Å². The molecule has 6 nitrogen and oxygen atoms in total. The standard InChI is InChI=1S/C17H14FIN6S/c1-19(2)24-16-21-12(9-13(20)22-16)15-14(10-3-5-11(18)6-4-10)23-17-25(15)7-8-26-17/h3-9H,1-2H2,(H3,20,21,22,24). The number of imidazole rings is 1. The first kappa shape index (κ1) is 16.9. The van der Waals surface area contributed by atoms with Crippen molar-refractivity contribution in [2.45, 2.75) is 0 Å². The lowest BCUT2D eigenvalue weighted by atomic mass is 10.1. The summed E-state index contributed by atoms with van der Waals surface area (Å²) < 4.78 is 26.2. The summed E-state index contributed by atoms with van der Waals surface area (Å²) in [6, 6.07) is 7.92. The summed E-state index contributed by atoms with van der Waals surface area (Å²) in [5.41, 5.74) is 8.89. The molecule has 4 rings (SSSR count). The average Bonchev–Trinajstić information content (AvgIpc) is 3.14. The Morgan fingerprint density at radius 2 is 1.92 bits per heavy atom. The van der Waals surface area contributed by atoms with Crippen molar-refractivity contribution in [3.05, 3.63) is 47.7 Å². The summed E-state index contributed by atoms with van der Waals surface area (Å²) in [4.78, 5) is 14.3. The number of nitrogens with one attached hydrogen (secondary N) is 1. The van der Waals surface area contributed by atoms with Crippen LogP contribution in [0.4, 0.5) is 16.2 Å². The van der Waals surface area contributed by atoms with Gasteiger partial charge in [-0.1, -0.05) is 28.2 Å². The summed E-state index contributed by atoms with van der Waals surface area (Å²) in [6.45, 7) is 0. The van der Waals surface area contributed by atoms with Gasteiger partial charge in [-0.05, 0) is 24.3 Å².